The molecule has 0 spiro atoms. The van der Waals surface area contributed by atoms with Crippen LogP contribution in [-0.2, 0) is 10.0 Å². The third-order valence-corrected chi connectivity index (χ3v) is 6.51. The average molecular weight is 393 g/mol. The summed E-state index contributed by atoms with van der Waals surface area (Å²) >= 11 is 0. The Morgan fingerprint density at radius 2 is 1.78 bits per heavy atom. The molecule has 1 aliphatic rings. The van der Waals surface area contributed by atoms with E-state index in [1.54, 1.807) is 19.1 Å². The van der Waals surface area contributed by atoms with E-state index in [1.807, 2.05) is 13.0 Å². The molecule has 0 aliphatic carbocycles. The molecule has 0 radical (unpaired) electrons. The van der Waals surface area contributed by atoms with Crippen molar-refractivity contribution >= 4 is 21.8 Å². The van der Waals surface area contributed by atoms with Crippen molar-refractivity contribution in [2.45, 2.75) is 18.7 Å². The SMILES string of the molecule is Cc1ccc(C)c(S(=O)(=O)N2CCN(C(=O)c3ccc([N+](=O)[O-])o3)CC2)c1. The largest absolute Gasteiger partial charge is 0.433 e. The molecule has 0 unspecified atom stereocenters. The van der Waals surface area contributed by atoms with E-state index in [-0.39, 0.29) is 36.8 Å². The fraction of sp³-hybridized carbons (Fsp3) is 0.353. The smallest absolute Gasteiger partial charge is 0.395 e. The fourth-order valence-electron chi connectivity index (χ4n) is 2.95. The van der Waals surface area contributed by atoms with Gasteiger partial charge in [-0.1, -0.05) is 12.1 Å². The molecule has 10 heteroatoms. The number of carbonyl (C=O) groups excluding carboxylic acids is 1. The van der Waals surface area contributed by atoms with E-state index in [4.69, 9.17) is 4.42 Å². The first-order valence-corrected chi connectivity index (χ1v) is 9.75. The molecular weight excluding hydrogens is 374 g/mol. The van der Waals surface area contributed by atoms with Crippen LogP contribution in [0.15, 0.2) is 39.6 Å². The lowest BCUT2D eigenvalue weighted by Crippen LogP contribution is -2.50. The summed E-state index contributed by atoms with van der Waals surface area (Å²) in [5.41, 5.74) is 1.52. The van der Waals surface area contributed by atoms with Gasteiger partial charge in [-0.05, 0) is 37.1 Å². The molecule has 2 aromatic rings. The van der Waals surface area contributed by atoms with E-state index in [2.05, 4.69) is 0 Å². The highest BCUT2D eigenvalue weighted by Gasteiger charge is 2.32. The van der Waals surface area contributed by atoms with Crippen LogP contribution in [0.4, 0.5) is 5.88 Å². The van der Waals surface area contributed by atoms with E-state index in [0.29, 0.717) is 5.56 Å². The van der Waals surface area contributed by atoms with Gasteiger partial charge < -0.3 is 9.32 Å². The molecule has 27 heavy (non-hydrogen) atoms. The molecule has 1 saturated heterocycles. The van der Waals surface area contributed by atoms with Gasteiger partial charge in [0.15, 0.2) is 5.76 Å². The maximum atomic E-state index is 12.9. The quantitative estimate of drug-likeness (QED) is 0.579. The van der Waals surface area contributed by atoms with Gasteiger partial charge in [0.1, 0.15) is 4.92 Å². The molecule has 3 rings (SSSR count). The van der Waals surface area contributed by atoms with Gasteiger partial charge in [-0.15, -0.1) is 0 Å². The Labute approximate surface area is 156 Å². The van der Waals surface area contributed by atoms with Crippen LogP contribution in [0.1, 0.15) is 21.7 Å². The lowest BCUT2D eigenvalue weighted by Gasteiger charge is -2.33. The van der Waals surface area contributed by atoms with Gasteiger partial charge in [-0.25, -0.2) is 8.42 Å². The number of rotatable bonds is 4. The van der Waals surface area contributed by atoms with Crippen LogP contribution in [0.25, 0.3) is 0 Å². The molecule has 0 bridgehead atoms. The number of carbonyl (C=O) groups is 1. The highest BCUT2D eigenvalue weighted by Crippen LogP contribution is 2.23. The normalized spacial score (nSPS) is 15.7. The monoisotopic (exact) mass is 393 g/mol. The van der Waals surface area contributed by atoms with Crippen molar-refractivity contribution in [3.8, 4) is 0 Å². The van der Waals surface area contributed by atoms with Crippen molar-refractivity contribution in [3.05, 3.63) is 57.3 Å². The maximum absolute atomic E-state index is 12.9. The zero-order valence-electron chi connectivity index (χ0n) is 14.9. The first-order valence-electron chi connectivity index (χ1n) is 8.31. The summed E-state index contributed by atoms with van der Waals surface area (Å²) in [4.78, 5) is 24.0. The summed E-state index contributed by atoms with van der Waals surface area (Å²) in [6, 6.07) is 7.64. The van der Waals surface area contributed by atoms with Crippen LogP contribution in [0.3, 0.4) is 0 Å². The van der Waals surface area contributed by atoms with E-state index < -0.39 is 26.7 Å². The van der Waals surface area contributed by atoms with E-state index in [1.165, 1.54) is 15.3 Å². The molecule has 0 atom stereocenters. The van der Waals surface area contributed by atoms with Crippen LogP contribution in [-0.4, -0.2) is 54.6 Å². The van der Waals surface area contributed by atoms with Crippen molar-refractivity contribution < 1.29 is 22.6 Å². The lowest BCUT2D eigenvalue weighted by atomic mass is 10.2. The summed E-state index contributed by atoms with van der Waals surface area (Å²) in [5, 5.41) is 10.7. The number of aryl methyl sites for hydroxylation is 2. The van der Waals surface area contributed by atoms with Crippen molar-refractivity contribution in [1.82, 2.24) is 9.21 Å². The number of benzene rings is 1. The number of nitro groups is 1. The number of furan rings is 1. The molecule has 1 amide bonds. The van der Waals surface area contributed by atoms with E-state index in [9.17, 15) is 23.3 Å². The molecule has 1 aliphatic heterocycles. The first-order chi connectivity index (χ1) is 12.7. The zero-order chi connectivity index (χ0) is 19.8. The Morgan fingerprint density at radius 3 is 2.37 bits per heavy atom. The standard InChI is InChI=1S/C17H19N3O6S/c1-12-3-4-13(2)15(11-12)27(24,25)19-9-7-18(8-10-19)17(21)14-5-6-16(26-14)20(22)23/h3-6,11H,7-10H2,1-2H3. The Balaban J connectivity index is 1.71. The van der Waals surface area contributed by atoms with E-state index >= 15 is 0 Å². The van der Waals surface area contributed by atoms with Crippen molar-refractivity contribution in [2.75, 3.05) is 26.2 Å². The minimum atomic E-state index is -3.65. The molecular formula is C17H19N3O6S. The number of nitrogens with zero attached hydrogens (tertiary/aromatic N) is 3. The number of amides is 1. The maximum Gasteiger partial charge on any atom is 0.433 e. The van der Waals surface area contributed by atoms with Crippen LogP contribution in [0, 0.1) is 24.0 Å². The summed E-state index contributed by atoms with van der Waals surface area (Å²) in [6.07, 6.45) is 0. The van der Waals surface area contributed by atoms with E-state index in [0.717, 1.165) is 11.6 Å². The number of sulfonamides is 1. The van der Waals surface area contributed by atoms with Crippen LogP contribution < -0.4 is 0 Å². The van der Waals surface area contributed by atoms with Gasteiger partial charge in [-0.3, -0.25) is 14.9 Å². The molecule has 1 aromatic carbocycles. The Hall–Kier alpha value is -2.72. The highest BCUT2D eigenvalue weighted by atomic mass is 32.2. The Kier molecular flexibility index (Phi) is 5.03. The summed E-state index contributed by atoms with van der Waals surface area (Å²) < 4.78 is 32.1. The molecule has 144 valence electrons. The molecule has 0 N–H and O–H groups in total. The fourth-order valence-corrected chi connectivity index (χ4v) is 4.68. The van der Waals surface area contributed by atoms with Gasteiger partial charge in [0.25, 0.3) is 5.91 Å². The highest BCUT2D eigenvalue weighted by molar-refractivity contribution is 7.89. The first kappa shape index (κ1) is 19.1. The second kappa shape index (κ2) is 7.12. The second-order valence-corrected chi connectivity index (χ2v) is 8.27. The summed E-state index contributed by atoms with van der Waals surface area (Å²) in [7, 11) is -3.65. The molecule has 1 aromatic heterocycles. The number of piperazine rings is 1. The van der Waals surface area contributed by atoms with Crippen molar-refractivity contribution in [1.29, 1.82) is 0 Å². The minimum Gasteiger partial charge on any atom is -0.395 e. The number of hydrogen-bond acceptors (Lipinski definition) is 6. The molecule has 0 saturated carbocycles. The number of hydrogen-bond donors (Lipinski definition) is 0. The zero-order valence-corrected chi connectivity index (χ0v) is 15.7. The third-order valence-electron chi connectivity index (χ3n) is 4.47. The lowest BCUT2D eigenvalue weighted by molar-refractivity contribution is -0.402. The predicted octanol–water partition coefficient (Wildman–Crippen LogP) is 1.95. The minimum absolute atomic E-state index is 0.132. The molecule has 1 fully saturated rings. The van der Waals surface area contributed by atoms with Gasteiger partial charge >= 0.3 is 5.88 Å². The topological polar surface area (TPSA) is 114 Å². The van der Waals surface area contributed by atoms with Crippen LogP contribution >= 0.6 is 0 Å². The molecule has 9 nitrogen and oxygen atoms in total. The average Bonchev–Trinajstić information content (AvgIpc) is 3.13. The third kappa shape index (κ3) is 3.71. The predicted molar refractivity (Wildman–Crippen MR) is 95.9 cm³/mol. The van der Waals surface area contributed by atoms with Gasteiger partial charge in [-0.2, -0.15) is 4.31 Å². The second-order valence-electron chi connectivity index (χ2n) is 6.36. The van der Waals surface area contributed by atoms with Crippen LogP contribution in [0.5, 0.6) is 0 Å². The van der Waals surface area contributed by atoms with Crippen LogP contribution in [0.2, 0.25) is 0 Å². The van der Waals surface area contributed by atoms with Gasteiger partial charge in [0, 0.05) is 26.2 Å². The summed E-state index contributed by atoms with van der Waals surface area (Å²) in [6.45, 7) is 4.22. The van der Waals surface area contributed by atoms with Gasteiger partial charge in [0.2, 0.25) is 10.0 Å². The Bertz CT molecular complexity index is 990. The Morgan fingerprint density at radius 1 is 1.11 bits per heavy atom. The van der Waals surface area contributed by atoms with Gasteiger partial charge in [0.05, 0.1) is 11.0 Å². The molecule has 2 heterocycles. The van der Waals surface area contributed by atoms with Crippen molar-refractivity contribution in [2.24, 2.45) is 0 Å². The van der Waals surface area contributed by atoms with Crippen molar-refractivity contribution in [3.63, 3.8) is 0 Å². The summed E-state index contributed by atoms with van der Waals surface area (Å²) in [5.74, 6) is -1.13.